The van der Waals surface area contributed by atoms with Crippen LogP contribution in [0.4, 0.5) is 0 Å². The molecule has 1 saturated heterocycles. The van der Waals surface area contributed by atoms with Gasteiger partial charge in [0, 0.05) is 25.1 Å². The molecule has 0 atom stereocenters. The Morgan fingerprint density at radius 3 is 2.52 bits per heavy atom. The molecule has 21 heavy (non-hydrogen) atoms. The number of carbonyl (C=O) groups is 1. The minimum Gasteiger partial charge on any atom is -0.495 e. The van der Waals surface area contributed by atoms with Crippen molar-refractivity contribution >= 4 is 27.5 Å². The number of halogens is 1. The summed E-state index contributed by atoms with van der Waals surface area (Å²) in [7, 11) is -2.19. The van der Waals surface area contributed by atoms with E-state index in [2.05, 4.69) is 0 Å². The summed E-state index contributed by atoms with van der Waals surface area (Å²) < 4.78 is 31.5. The van der Waals surface area contributed by atoms with E-state index in [1.807, 2.05) is 0 Å². The SMILES string of the molecule is COc1cc(S(=O)(=O)N2CCC(C(N)=O)CC2)ccc1Cl. The maximum absolute atomic E-state index is 12.6. The average molecular weight is 333 g/mol. The third-order valence-electron chi connectivity index (χ3n) is 3.62. The molecule has 0 radical (unpaired) electrons. The quantitative estimate of drug-likeness (QED) is 0.898. The van der Waals surface area contributed by atoms with E-state index in [9.17, 15) is 13.2 Å². The molecule has 116 valence electrons. The van der Waals surface area contributed by atoms with Crippen molar-refractivity contribution in [1.82, 2.24) is 4.31 Å². The molecule has 6 nitrogen and oxygen atoms in total. The predicted octanol–water partition coefficient (Wildman–Crippen LogP) is 1.23. The summed E-state index contributed by atoms with van der Waals surface area (Å²) in [6.07, 6.45) is 0.887. The Morgan fingerprint density at radius 1 is 1.38 bits per heavy atom. The average Bonchev–Trinajstić information content (AvgIpc) is 2.47. The van der Waals surface area contributed by atoms with Gasteiger partial charge < -0.3 is 10.5 Å². The fourth-order valence-corrected chi connectivity index (χ4v) is 4.01. The van der Waals surface area contributed by atoms with E-state index in [-0.39, 0.29) is 29.8 Å². The number of nitrogens with two attached hydrogens (primary N) is 1. The normalized spacial score (nSPS) is 17.6. The van der Waals surface area contributed by atoms with Crippen LogP contribution in [-0.2, 0) is 14.8 Å². The number of amides is 1. The summed E-state index contributed by atoms with van der Waals surface area (Å²) >= 11 is 5.90. The van der Waals surface area contributed by atoms with Crippen LogP contribution < -0.4 is 10.5 Å². The third kappa shape index (κ3) is 3.30. The van der Waals surface area contributed by atoms with Crippen LogP contribution in [-0.4, -0.2) is 38.8 Å². The summed E-state index contributed by atoms with van der Waals surface area (Å²) in [5.41, 5.74) is 5.25. The van der Waals surface area contributed by atoms with Gasteiger partial charge in [-0.1, -0.05) is 11.6 Å². The maximum atomic E-state index is 12.6. The summed E-state index contributed by atoms with van der Waals surface area (Å²) in [6, 6.07) is 4.33. The Hall–Kier alpha value is -1.31. The Bertz CT molecular complexity index is 640. The van der Waals surface area contributed by atoms with E-state index < -0.39 is 10.0 Å². The van der Waals surface area contributed by atoms with E-state index in [0.717, 1.165) is 0 Å². The van der Waals surface area contributed by atoms with Gasteiger partial charge in [0.05, 0.1) is 17.0 Å². The minimum atomic E-state index is -3.62. The van der Waals surface area contributed by atoms with Crippen molar-refractivity contribution in [2.24, 2.45) is 11.7 Å². The summed E-state index contributed by atoms with van der Waals surface area (Å²) in [5.74, 6) is -0.318. The lowest BCUT2D eigenvalue weighted by Crippen LogP contribution is -2.41. The number of rotatable bonds is 4. The number of ether oxygens (including phenoxy) is 1. The zero-order valence-electron chi connectivity index (χ0n) is 11.6. The molecule has 1 aromatic carbocycles. The molecule has 0 spiro atoms. The molecule has 1 amide bonds. The van der Waals surface area contributed by atoms with Crippen molar-refractivity contribution in [3.63, 3.8) is 0 Å². The van der Waals surface area contributed by atoms with Gasteiger partial charge >= 0.3 is 0 Å². The van der Waals surface area contributed by atoms with Gasteiger partial charge in [-0.15, -0.1) is 0 Å². The highest BCUT2D eigenvalue weighted by atomic mass is 35.5. The van der Waals surface area contributed by atoms with Crippen molar-refractivity contribution < 1.29 is 17.9 Å². The Balaban J connectivity index is 2.21. The van der Waals surface area contributed by atoms with Crippen LogP contribution in [0.5, 0.6) is 5.75 Å². The third-order valence-corrected chi connectivity index (χ3v) is 5.82. The highest BCUT2D eigenvalue weighted by Crippen LogP contribution is 2.30. The second kappa shape index (κ2) is 6.21. The number of hydrogen-bond donors (Lipinski definition) is 1. The van der Waals surface area contributed by atoms with Gasteiger partial charge in [0.2, 0.25) is 15.9 Å². The number of carbonyl (C=O) groups excluding carboxylic acids is 1. The van der Waals surface area contributed by atoms with Crippen LogP contribution in [0.2, 0.25) is 5.02 Å². The van der Waals surface area contributed by atoms with E-state index in [0.29, 0.717) is 23.6 Å². The standard InChI is InChI=1S/C13H17ClN2O4S/c1-20-12-8-10(2-3-11(12)14)21(18,19)16-6-4-9(5-7-16)13(15)17/h2-3,8-9H,4-7H2,1H3,(H2,15,17). The van der Waals surface area contributed by atoms with E-state index >= 15 is 0 Å². The smallest absolute Gasteiger partial charge is 0.243 e. The fraction of sp³-hybridized carbons (Fsp3) is 0.462. The molecule has 0 unspecified atom stereocenters. The van der Waals surface area contributed by atoms with Crippen LogP contribution in [0, 0.1) is 5.92 Å². The van der Waals surface area contributed by atoms with Crippen molar-refractivity contribution in [3.05, 3.63) is 23.2 Å². The Morgan fingerprint density at radius 2 is 2.00 bits per heavy atom. The predicted molar refractivity (Wildman–Crippen MR) is 78.7 cm³/mol. The highest BCUT2D eigenvalue weighted by molar-refractivity contribution is 7.89. The molecule has 1 fully saturated rings. The summed E-state index contributed by atoms with van der Waals surface area (Å²) in [5, 5.41) is 0.351. The lowest BCUT2D eigenvalue weighted by molar-refractivity contribution is -0.122. The molecule has 2 N–H and O–H groups in total. The first-order chi connectivity index (χ1) is 9.86. The summed E-state index contributed by atoms with van der Waals surface area (Å²) in [6.45, 7) is 0.557. The van der Waals surface area contributed by atoms with Gasteiger partial charge in [0.25, 0.3) is 0 Å². The van der Waals surface area contributed by atoms with Crippen LogP contribution in [0.25, 0.3) is 0 Å². The Kier molecular flexibility index (Phi) is 4.75. The second-order valence-corrected chi connectivity index (χ2v) is 7.22. The molecule has 1 heterocycles. The number of benzene rings is 1. The Labute approximate surface area is 128 Å². The number of sulfonamides is 1. The van der Waals surface area contributed by atoms with Gasteiger partial charge in [-0.2, -0.15) is 4.31 Å². The second-order valence-electron chi connectivity index (χ2n) is 4.88. The number of piperidine rings is 1. The fourth-order valence-electron chi connectivity index (χ4n) is 2.33. The van der Waals surface area contributed by atoms with Gasteiger partial charge in [-0.05, 0) is 25.0 Å². The molecule has 0 bridgehead atoms. The molecular weight excluding hydrogens is 316 g/mol. The zero-order valence-corrected chi connectivity index (χ0v) is 13.2. The number of nitrogens with zero attached hydrogens (tertiary/aromatic N) is 1. The zero-order chi connectivity index (χ0) is 15.6. The van der Waals surface area contributed by atoms with Crippen molar-refractivity contribution in [3.8, 4) is 5.75 Å². The number of hydrogen-bond acceptors (Lipinski definition) is 4. The van der Waals surface area contributed by atoms with Crippen molar-refractivity contribution in [1.29, 1.82) is 0 Å². The molecule has 0 aliphatic carbocycles. The minimum absolute atomic E-state index is 0.126. The number of primary amides is 1. The molecule has 8 heteroatoms. The van der Waals surface area contributed by atoms with Crippen LogP contribution in [0.15, 0.2) is 23.1 Å². The monoisotopic (exact) mass is 332 g/mol. The molecule has 0 aromatic heterocycles. The highest BCUT2D eigenvalue weighted by Gasteiger charge is 2.31. The van der Waals surface area contributed by atoms with Crippen LogP contribution in [0.3, 0.4) is 0 Å². The van der Waals surface area contributed by atoms with E-state index in [1.54, 1.807) is 0 Å². The largest absolute Gasteiger partial charge is 0.495 e. The first kappa shape index (κ1) is 16.1. The number of methoxy groups -OCH3 is 1. The molecule has 1 aliphatic heterocycles. The van der Waals surface area contributed by atoms with Gasteiger partial charge in [0.15, 0.2) is 0 Å². The van der Waals surface area contributed by atoms with Crippen LogP contribution >= 0.6 is 11.6 Å². The molecular formula is C13H17ClN2O4S. The van der Waals surface area contributed by atoms with Gasteiger partial charge in [-0.3, -0.25) is 4.79 Å². The molecule has 1 aliphatic rings. The summed E-state index contributed by atoms with van der Waals surface area (Å²) in [4.78, 5) is 11.3. The van der Waals surface area contributed by atoms with E-state index in [1.165, 1.54) is 29.6 Å². The molecule has 2 rings (SSSR count). The first-order valence-electron chi connectivity index (χ1n) is 6.49. The topological polar surface area (TPSA) is 89.7 Å². The van der Waals surface area contributed by atoms with Gasteiger partial charge in [-0.25, -0.2) is 8.42 Å². The van der Waals surface area contributed by atoms with Crippen molar-refractivity contribution in [2.75, 3.05) is 20.2 Å². The lowest BCUT2D eigenvalue weighted by atomic mass is 9.98. The lowest BCUT2D eigenvalue weighted by Gasteiger charge is -2.29. The maximum Gasteiger partial charge on any atom is 0.243 e. The molecule has 0 saturated carbocycles. The van der Waals surface area contributed by atoms with E-state index in [4.69, 9.17) is 22.1 Å². The first-order valence-corrected chi connectivity index (χ1v) is 8.31. The van der Waals surface area contributed by atoms with Crippen LogP contribution in [0.1, 0.15) is 12.8 Å². The van der Waals surface area contributed by atoms with Gasteiger partial charge in [0.1, 0.15) is 5.75 Å². The van der Waals surface area contributed by atoms with Crippen molar-refractivity contribution in [2.45, 2.75) is 17.7 Å². The molecule has 1 aromatic rings.